The maximum absolute atomic E-state index is 5.24. The van der Waals surface area contributed by atoms with Crippen molar-refractivity contribution in [2.45, 2.75) is 0 Å². The van der Waals surface area contributed by atoms with Crippen molar-refractivity contribution < 1.29 is 0 Å². The van der Waals surface area contributed by atoms with E-state index in [1.807, 2.05) is 665 Å². The highest BCUT2D eigenvalue weighted by Crippen LogP contribution is 2.72. The Kier molecular flexibility index (Phi) is 146. The molecule has 0 N–H and O–H groups in total. The minimum atomic E-state index is -1.31. The fourth-order valence-electron chi connectivity index (χ4n) is 0.947. The standard InChI is InChI=1S/CH4S85/c1-86(3,4)85-84-83-82-81-80-79-78-77-76-75-74-73-72-71-70-69-68-67-66-65-64-63-62-61-60-59-58-57-56-55-54-53-52-51-50-49-48-47-46-45-44-43-42-41-40-39-38-37-36-35-34-33-32-31-30-29-28-27-26-25-24-23-22-21-20-19-18-17-16-15-14-13-12-11-10-9-8-7-6-5-2/h2H,1H3. The van der Waals surface area contributed by atoms with Crippen LogP contribution in [0.5, 0.6) is 0 Å². The van der Waals surface area contributed by atoms with Gasteiger partial charge >= 0.3 is 0 Å². The van der Waals surface area contributed by atoms with Crippen molar-refractivity contribution in [2.24, 2.45) is 0 Å². The Morgan fingerprint density at radius 2 is 0.209 bits per heavy atom. The van der Waals surface area contributed by atoms with Crippen molar-refractivity contribution in [2.75, 3.05) is 6.26 Å². The second-order valence-electron chi connectivity index (χ2n) is 6.22. The normalized spacial score (nSPS) is 12.0. The molecule has 85 heteroatoms. The molecule has 0 aliphatic heterocycles. The Bertz CT molecular complexity index is 1250. The Hall–Kier alpha value is 29.5. The van der Waals surface area contributed by atoms with Crippen LogP contribution in [0.3, 0.4) is 0 Å². The molecule has 0 saturated carbocycles. The van der Waals surface area contributed by atoms with E-state index >= 15 is 0 Å². The molecule has 0 spiro atoms. The third-order valence-electron chi connectivity index (χ3n) is 2.35. The molecule has 0 nitrogen and oxygen atoms in total. The number of hydrogen-bond donors (Lipinski definition) is 1. The molecule has 0 heterocycles. The van der Waals surface area contributed by atoms with Crippen molar-refractivity contribution >= 4 is 836 Å². The second kappa shape index (κ2) is 109. The molecule has 0 aliphatic rings. The first-order valence-corrected chi connectivity index (χ1v) is 127. The molecule has 0 fully saturated rings. The van der Waals surface area contributed by atoms with Crippen molar-refractivity contribution in [1.29, 1.82) is 0 Å². The monoisotopic (exact) mass is 2730 g/mol. The fourth-order valence-corrected chi connectivity index (χ4v) is 226. The van der Waals surface area contributed by atoms with Crippen LogP contribution in [-0.2, 0) is 28.6 Å². The van der Waals surface area contributed by atoms with E-state index in [2.05, 4.69) is 11.7 Å². The molecule has 0 aromatic heterocycles. The quantitative estimate of drug-likeness (QED) is 0.0349. The van der Waals surface area contributed by atoms with E-state index in [0.717, 1.165) is 0 Å². The topological polar surface area (TPSA) is 0 Å². The van der Waals surface area contributed by atoms with Crippen LogP contribution in [0.1, 0.15) is 0 Å². The van der Waals surface area contributed by atoms with Crippen LogP contribution < -0.4 is 0 Å². The van der Waals surface area contributed by atoms with Gasteiger partial charge in [0.25, 0.3) is 0 Å². The highest BCUT2D eigenvalue weighted by molar-refractivity contribution is 9.67. The molecule has 0 bridgehead atoms. The minimum Gasteiger partial charge on any atom is -0.0988 e. The molecule has 0 aromatic rings. The molecule has 86 heavy (non-hydrogen) atoms. The van der Waals surface area contributed by atoms with E-state index in [-0.39, 0.29) is 0 Å². The molecular weight excluding hydrogens is 2740 g/mol. The molecular formula is CH4S85. The number of rotatable bonds is 81. The molecule has 0 aromatic carbocycles. The van der Waals surface area contributed by atoms with E-state index < -0.39 is 6.18 Å². The lowest BCUT2D eigenvalue weighted by molar-refractivity contribution is 2.53. The van der Waals surface area contributed by atoms with Gasteiger partial charge in [0.2, 0.25) is 0 Å². The maximum atomic E-state index is 5.24. The predicted molar refractivity (Wildman–Crippen MR) is 652 cm³/mol. The molecule has 518 valence electrons. The van der Waals surface area contributed by atoms with Crippen molar-refractivity contribution in [3.8, 4) is 0 Å². The molecule has 0 amide bonds. The lowest BCUT2D eigenvalue weighted by Gasteiger charge is -2.00. The van der Waals surface area contributed by atoms with Gasteiger partial charge in [-0.05, 0) is 186 Å². The highest BCUT2D eigenvalue weighted by atomic mass is 34.1. The SMILES string of the molecule is CS(=S)(=S)SSSSSSSSSSSSSSSSSSSSSSSSSSSSSSSSSSSSSSSSSSSSSSSSSSSSSSSSSSSSSSSSSSSSSSSSSSSSSSSSSS. The van der Waals surface area contributed by atoms with Crippen molar-refractivity contribution in [1.82, 2.24) is 0 Å². The lowest BCUT2D eigenvalue weighted by Crippen LogP contribution is -1.75. The van der Waals surface area contributed by atoms with Gasteiger partial charge in [-0.1, -0.05) is 11.7 Å². The summed E-state index contributed by atoms with van der Waals surface area (Å²) in [7, 11) is 147. The summed E-state index contributed by atoms with van der Waals surface area (Å²) in [5, 5.41) is 0. The largest absolute Gasteiger partial charge is 0.0988 e. The number of hydrogen-bond acceptors (Lipinski definition) is 84. The Morgan fingerprint density at radius 1 is 0.140 bits per heavy atom. The van der Waals surface area contributed by atoms with Gasteiger partial charge in [0.05, 0.1) is 0 Å². The first kappa shape index (κ1) is 115. The lowest BCUT2D eigenvalue weighted by atomic mass is 12.0. The average Bonchev–Trinajstić information content (AvgIpc) is 3.50. The predicted octanol–water partition coefficient (Wildman–Crippen LogP) is 53.0. The van der Waals surface area contributed by atoms with Crippen molar-refractivity contribution in [3.63, 3.8) is 0 Å². The maximum Gasteiger partial charge on any atom is 0.000468 e. The third kappa shape index (κ3) is 113. The van der Waals surface area contributed by atoms with E-state index in [1.165, 1.54) is 9.83 Å². The third-order valence-corrected chi connectivity index (χ3v) is 187. The van der Waals surface area contributed by atoms with Crippen molar-refractivity contribution in [3.05, 3.63) is 0 Å². The average molecular weight is 2740 g/mol. The Labute approximate surface area is 818 Å². The molecule has 0 unspecified atom stereocenters. The van der Waals surface area contributed by atoms with Gasteiger partial charge in [0.1, 0.15) is 0 Å². The van der Waals surface area contributed by atoms with Gasteiger partial charge in [-0.2, -0.15) is 0 Å². The van der Waals surface area contributed by atoms with Crippen LogP contribution >= 0.6 is 808 Å². The Balaban J connectivity index is 3.09. The van der Waals surface area contributed by atoms with E-state index in [4.69, 9.17) is 22.4 Å². The summed E-state index contributed by atoms with van der Waals surface area (Å²) in [4.78, 5) is 0. The second-order valence-corrected chi connectivity index (χ2v) is 159. The summed E-state index contributed by atoms with van der Waals surface area (Å²) in [6.07, 6.45) is 0.655. The van der Waals surface area contributed by atoms with Gasteiger partial charge in [0, 0.05) is 645 Å². The van der Waals surface area contributed by atoms with Crippen LogP contribution in [0.25, 0.3) is 0 Å². The summed E-state index contributed by atoms with van der Waals surface area (Å²) in [6.45, 7) is 0. The van der Waals surface area contributed by atoms with Crippen LogP contribution in [0, 0.1) is 0 Å². The van der Waals surface area contributed by atoms with Gasteiger partial charge in [-0.25, -0.2) is 0 Å². The molecule has 0 saturated heterocycles. The zero-order chi connectivity index (χ0) is 61.8. The zero-order valence-electron chi connectivity index (χ0n) is 35.7. The summed E-state index contributed by atoms with van der Waals surface area (Å²) >= 11 is 14.6. The molecule has 0 aliphatic carbocycles. The van der Waals surface area contributed by atoms with Crippen LogP contribution in [0.2, 0.25) is 0 Å². The van der Waals surface area contributed by atoms with E-state index in [0.29, 0.717) is 0 Å². The van der Waals surface area contributed by atoms with Crippen LogP contribution in [-0.4, -0.2) is 6.26 Å². The van der Waals surface area contributed by atoms with Crippen LogP contribution in [0.4, 0.5) is 0 Å². The minimum absolute atomic E-state index is 1.31. The van der Waals surface area contributed by atoms with Crippen LogP contribution in [0.15, 0.2) is 0 Å². The smallest absolute Gasteiger partial charge is 0.000468 e. The highest BCUT2D eigenvalue weighted by Gasteiger charge is 2.08. The Morgan fingerprint density at radius 3 is 0.279 bits per heavy atom. The van der Waals surface area contributed by atoms with Gasteiger partial charge in [-0.15, -0.1) is 0 Å². The summed E-state index contributed by atoms with van der Waals surface area (Å²) in [6, 6.07) is 0. The summed E-state index contributed by atoms with van der Waals surface area (Å²) < 4.78 is 0. The van der Waals surface area contributed by atoms with E-state index in [9.17, 15) is 0 Å². The van der Waals surface area contributed by atoms with Gasteiger partial charge in [-0.3, -0.25) is 0 Å². The van der Waals surface area contributed by atoms with Gasteiger partial charge in [0.15, 0.2) is 0 Å². The molecule has 0 radical (unpaired) electrons. The van der Waals surface area contributed by atoms with Gasteiger partial charge < -0.3 is 0 Å². The van der Waals surface area contributed by atoms with E-state index in [1.54, 1.807) is 128 Å². The fraction of sp³-hybridized carbons (Fsp3) is 1.00. The summed E-state index contributed by atoms with van der Waals surface area (Å²) in [5.41, 5.74) is 0. The first-order chi connectivity index (χ1) is 42.6. The molecule has 0 rings (SSSR count). The zero-order valence-corrected chi connectivity index (χ0v) is 105. The number of thiol groups is 1. The molecule has 0 atom stereocenters. The summed E-state index contributed by atoms with van der Waals surface area (Å²) in [5.74, 6) is 0. The first-order valence-electron chi connectivity index (χ1n) is 14.4.